The number of hydrogen-bond acceptors (Lipinski definition) is 5. The van der Waals surface area contributed by atoms with Crippen LogP contribution in [0.25, 0.3) is 0 Å². The minimum atomic E-state index is 0.0736. The minimum Gasteiger partial charge on any atom is -0.297 e. The predicted octanol–water partition coefficient (Wildman–Crippen LogP) is 2.13. The van der Waals surface area contributed by atoms with Crippen molar-refractivity contribution in [2.45, 2.75) is 58.5 Å². The molecule has 1 aliphatic carbocycles. The molecular formula is C20H27N5O. The number of nitrogens with zero attached hydrogens (tertiary/aromatic N) is 5. The molecule has 2 aromatic heterocycles. The third-order valence-corrected chi connectivity index (χ3v) is 5.63. The van der Waals surface area contributed by atoms with Gasteiger partial charge in [0.25, 0.3) is 5.56 Å². The zero-order valence-electron chi connectivity index (χ0n) is 15.5. The van der Waals surface area contributed by atoms with E-state index in [-0.39, 0.29) is 5.56 Å². The van der Waals surface area contributed by atoms with Gasteiger partial charge in [0.1, 0.15) is 5.82 Å². The molecule has 3 heterocycles. The van der Waals surface area contributed by atoms with Crippen LogP contribution in [-0.2, 0) is 25.9 Å². The lowest BCUT2D eigenvalue weighted by Gasteiger charge is -2.31. The molecule has 0 unspecified atom stereocenters. The standard InChI is InChI=1S/C20H27N5O/c1-15-21-9-6-18(22-15)14-24-10-7-16(8-11-24)13-25-20(26)12-17-4-2-3-5-19(17)23-25/h6,9,12,16H,2-5,7-8,10-11,13-14H2,1H3. The van der Waals surface area contributed by atoms with Crippen molar-refractivity contribution in [1.29, 1.82) is 0 Å². The Morgan fingerprint density at radius 1 is 1.19 bits per heavy atom. The average molecular weight is 353 g/mol. The molecular weight excluding hydrogens is 326 g/mol. The Balaban J connectivity index is 1.35. The van der Waals surface area contributed by atoms with Gasteiger partial charge >= 0.3 is 0 Å². The van der Waals surface area contributed by atoms with Gasteiger partial charge in [-0.15, -0.1) is 0 Å². The Hall–Kier alpha value is -2.08. The molecule has 0 amide bonds. The second-order valence-electron chi connectivity index (χ2n) is 7.66. The Bertz CT molecular complexity index is 823. The summed E-state index contributed by atoms with van der Waals surface area (Å²) < 4.78 is 1.72. The summed E-state index contributed by atoms with van der Waals surface area (Å²) >= 11 is 0. The van der Waals surface area contributed by atoms with E-state index in [1.807, 2.05) is 25.3 Å². The molecule has 1 fully saturated rings. The highest BCUT2D eigenvalue weighted by molar-refractivity contribution is 5.20. The number of fused-ring (bicyclic) bond motifs is 1. The van der Waals surface area contributed by atoms with Gasteiger partial charge in [0.05, 0.1) is 11.4 Å². The summed E-state index contributed by atoms with van der Waals surface area (Å²) in [7, 11) is 0. The van der Waals surface area contributed by atoms with Crippen molar-refractivity contribution in [1.82, 2.24) is 24.6 Å². The second-order valence-corrected chi connectivity index (χ2v) is 7.66. The summed E-state index contributed by atoms with van der Waals surface area (Å²) in [4.78, 5) is 23.5. The van der Waals surface area contributed by atoms with Crippen molar-refractivity contribution < 1.29 is 0 Å². The van der Waals surface area contributed by atoms with Gasteiger partial charge in [0, 0.05) is 25.4 Å². The molecule has 1 aliphatic heterocycles. The lowest BCUT2D eigenvalue weighted by atomic mass is 9.95. The predicted molar refractivity (Wildman–Crippen MR) is 99.9 cm³/mol. The Morgan fingerprint density at radius 2 is 2.00 bits per heavy atom. The first-order valence-corrected chi connectivity index (χ1v) is 9.78. The highest BCUT2D eigenvalue weighted by Crippen LogP contribution is 2.21. The Kier molecular flexibility index (Phi) is 5.11. The van der Waals surface area contributed by atoms with Crippen LogP contribution in [0.5, 0.6) is 0 Å². The van der Waals surface area contributed by atoms with E-state index in [0.717, 1.165) is 69.1 Å². The van der Waals surface area contributed by atoms with E-state index in [1.165, 1.54) is 18.4 Å². The molecule has 0 bridgehead atoms. The molecule has 2 aromatic rings. The third kappa shape index (κ3) is 4.01. The number of aromatic nitrogens is 4. The lowest BCUT2D eigenvalue weighted by Crippen LogP contribution is -2.37. The molecule has 26 heavy (non-hydrogen) atoms. The molecule has 0 atom stereocenters. The molecule has 4 rings (SSSR count). The first-order valence-electron chi connectivity index (χ1n) is 9.78. The van der Waals surface area contributed by atoms with Crippen LogP contribution in [0.1, 0.15) is 48.5 Å². The molecule has 0 aromatic carbocycles. The Morgan fingerprint density at radius 3 is 2.81 bits per heavy atom. The van der Waals surface area contributed by atoms with Crippen LogP contribution in [-0.4, -0.2) is 37.7 Å². The van der Waals surface area contributed by atoms with Gasteiger partial charge in [0.15, 0.2) is 0 Å². The largest absolute Gasteiger partial charge is 0.297 e. The van der Waals surface area contributed by atoms with Gasteiger partial charge < -0.3 is 0 Å². The number of aryl methyl sites for hydroxylation is 3. The fourth-order valence-corrected chi connectivity index (χ4v) is 4.13. The monoisotopic (exact) mass is 353 g/mol. The maximum absolute atomic E-state index is 12.4. The van der Waals surface area contributed by atoms with Crippen molar-refractivity contribution in [3.05, 3.63) is 51.5 Å². The molecule has 138 valence electrons. The first-order chi connectivity index (χ1) is 12.7. The van der Waals surface area contributed by atoms with Crippen LogP contribution in [0.2, 0.25) is 0 Å². The normalized spacial score (nSPS) is 18.7. The van der Waals surface area contributed by atoms with Crippen molar-refractivity contribution in [3.8, 4) is 0 Å². The maximum atomic E-state index is 12.4. The lowest BCUT2D eigenvalue weighted by molar-refractivity contribution is 0.161. The van der Waals surface area contributed by atoms with Gasteiger partial charge in [-0.05, 0) is 76.1 Å². The number of rotatable bonds is 4. The molecule has 0 radical (unpaired) electrons. The van der Waals surface area contributed by atoms with Gasteiger partial charge in [0.2, 0.25) is 0 Å². The molecule has 2 aliphatic rings. The van der Waals surface area contributed by atoms with E-state index in [9.17, 15) is 4.79 Å². The van der Waals surface area contributed by atoms with Crippen LogP contribution in [0, 0.1) is 12.8 Å². The van der Waals surface area contributed by atoms with E-state index in [1.54, 1.807) is 4.68 Å². The van der Waals surface area contributed by atoms with Crippen molar-refractivity contribution in [3.63, 3.8) is 0 Å². The van der Waals surface area contributed by atoms with Crippen LogP contribution >= 0.6 is 0 Å². The molecule has 1 saturated heterocycles. The molecule has 6 heteroatoms. The van der Waals surface area contributed by atoms with Gasteiger partial charge in [-0.1, -0.05) is 0 Å². The fourth-order valence-electron chi connectivity index (χ4n) is 4.13. The van der Waals surface area contributed by atoms with E-state index < -0.39 is 0 Å². The van der Waals surface area contributed by atoms with E-state index in [0.29, 0.717) is 5.92 Å². The van der Waals surface area contributed by atoms with Crippen LogP contribution in [0.3, 0.4) is 0 Å². The summed E-state index contributed by atoms with van der Waals surface area (Å²) in [6.45, 7) is 5.67. The smallest absolute Gasteiger partial charge is 0.267 e. The molecule has 0 saturated carbocycles. The molecule has 6 nitrogen and oxygen atoms in total. The fraction of sp³-hybridized carbons (Fsp3) is 0.600. The number of hydrogen-bond donors (Lipinski definition) is 0. The van der Waals surface area contributed by atoms with E-state index in [4.69, 9.17) is 0 Å². The molecule has 0 N–H and O–H groups in total. The summed E-state index contributed by atoms with van der Waals surface area (Å²) in [6.07, 6.45) is 8.45. The quantitative estimate of drug-likeness (QED) is 0.843. The second kappa shape index (κ2) is 7.66. The topological polar surface area (TPSA) is 63.9 Å². The summed E-state index contributed by atoms with van der Waals surface area (Å²) in [6, 6.07) is 3.82. The van der Waals surface area contributed by atoms with Crippen LogP contribution in [0.4, 0.5) is 0 Å². The third-order valence-electron chi connectivity index (χ3n) is 5.63. The van der Waals surface area contributed by atoms with Crippen LogP contribution in [0.15, 0.2) is 23.1 Å². The molecule has 0 spiro atoms. The summed E-state index contributed by atoms with van der Waals surface area (Å²) in [5.74, 6) is 1.36. The minimum absolute atomic E-state index is 0.0736. The summed E-state index contributed by atoms with van der Waals surface area (Å²) in [5.41, 5.74) is 3.48. The first kappa shape index (κ1) is 17.3. The Labute approximate surface area is 154 Å². The highest BCUT2D eigenvalue weighted by atomic mass is 16.1. The van der Waals surface area contributed by atoms with Crippen molar-refractivity contribution in [2.75, 3.05) is 13.1 Å². The highest BCUT2D eigenvalue weighted by Gasteiger charge is 2.21. The zero-order valence-corrected chi connectivity index (χ0v) is 15.5. The zero-order chi connectivity index (χ0) is 17.9. The number of likely N-dealkylation sites (tertiary alicyclic amines) is 1. The van der Waals surface area contributed by atoms with Gasteiger partial charge in [-0.25, -0.2) is 14.6 Å². The SMILES string of the molecule is Cc1nccc(CN2CCC(Cn3nc4c(cc3=O)CCCC4)CC2)n1. The van der Waals surface area contributed by atoms with E-state index in [2.05, 4.69) is 20.0 Å². The van der Waals surface area contributed by atoms with Gasteiger partial charge in [-0.2, -0.15) is 5.10 Å². The van der Waals surface area contributed by atoms with Crippen molar-refractivity contribution >= 4 is 0 Å². The van der Waals surface area contributed by atoms with E-state index >= 15 is 0 Å². The number of piperidine rings is 1. The van der Waals surface area contributed by atoms with Crippen LogP contribution < -0.4 is 5.56 Å². The average Bonchev–Trinajstić information content (AvgIpc) is 2.64. The summed E-state index contributed by atoms with van der Waals surface area (Å²) in [5, 5.41) is 4.68. The van der Waals surface area contributed by atoms with Gasteiger partial charge in [-0.3, -0.25) is 9.69 Å². The maximum Gasteiger partial charge on any atom is 0.267 e. The van der Waals surface area contributed by atoms with Crippen molar-refractivity contribution in [2.24, 2.45) is 5.92 Å².